The Morgan fingerprint density at radius 2 is 1.29 bits per heavy atom. The van der Waals surface area contributed by atoms with Crippen LogP contribution in [-0.4, -0.2) is 41.9 Å². The van der Waals surface area contributed by atoms with Crippen LogP contribution in [-0.2, 0) is 17.9 Å². The number of hydrogen-bond donors (Lipinski definition) is 2. The Hall–Kier alpha value is -3.91. The Morgan fingerprint density at radius 3 is 1.81 bits per heavy atom. The van der Waals surface area contributed by atoms with E-state index in [1.165, 1.54) is 35.7 Å². The van der Waals surface area contributed by atoms with Gasteiger partial charge in [0, 0.05) is 17.9 Å². The molecule has 0 aliphatic heterocycles. The Kier molecular flexibility index (Phi) is 11.8. The van der Waals surface area contributed by atoms with Gasteiger partial charge in [-0.25, -0.2) is 13.6 Å². The summed E-state index contributed by atoms with van der Waals surface area (Å²) in [6.45, 7) is 0. The zero-order chi connectivity index (χ0) is 29.7. The maximum Gasteiger partial charge on any atom is 0.200 e. The summed E-state index contributed by atoms with van der Waals surface area (Å²) in [7, 11) is 0. The largest absolute Gasteiger partial charge is 0.411 e. The fourth-order valence-corrected chi connectivity index (χ4v) is 5.47. The summed E-state index contributed by atoms with van der Waals surface area (Å²) in [5.74, 6) is 0.871. The normalized spacial score (nSPS) is 11.7. The van der Waals surface area contributed by atoms with Crippen LogP contribution >= 0.6 is 46.7 Å². The van der Waals surface area contributed by atoms with E-state index in [4.69, 9.17) is 33.0 Å². The van der Waals surface area contributed by atoms with E-state index in [1.54, 1.807) is 6.07 Å². The fourth-order valence-electron chi connectivity index (χ4n) is 3.36. The zero-order valence-electron chi connectivity index (χ0n) is 21.5. The first-order chi connectivity index (χ1) is 20.5. The SMILES string of the molecule is ON=C(Cc1ccc(F)c(Cl)c1)c1nonc1SCc1ccccc1.ON=C(Cl)c1nonc1SCc1ccccc1. The topological polar surface area (TPSA) is 143 Å². The number of halogens is 3. The summed E-state index contributed by atoms with van der Waals surface area (Å²) in [5, 5.41) is 39.9. The van der Waals surface area contributed by atoms with E-state index in [0.717, 1.165) is 11.1 Å². The molecular weight excluding hydrogens is 626 g/mol. The molecule has 0 saturated heterocycles. The van der Waals surface area contributed by atoms with Crippen LogP contribution in [0.1, 0.15) is 28.1 Å². The summed E-state index contributed by atoms with van der Waals surface area (Å²) >= 11 is 14.3. The van der Waals surface area contributed by atoms with Crippen molar-refractivity contribution >= 4 is 57.6 Å². The number of rotatable bonds is 10. The van der Waals surface area contributed by atoms with Crippen molar-refractivity contribution in [2.75, 3.05) is 0 Å². The molecule has 2 N–H and O–H groups in total. The van der Waals surface area contributed by atoms with Crippen molar-refractivity contribution in [2.45, 2.75) is 28.0 Å². The molecule has 2 aromatic heterocycles. The zero-order valence-corrected chi connectivity index (χ0v) is 24.6. The monoisotopic (exact) mass is 646 g/mol. The van der Waals surface area contributed by atoms with Crippen LogP contribution in [0.25, 0.3) is 0 Å². The van der Waals surface area contributed by atoms with Crippen LogP contribution in [0.5, 0.6) is 0 Å². The highest BCUT2D eigenvalue weighted by atomic mass is 35.5. The highest BCUT2D eigenvalue weighted by Gasteiger charge is 2.19. The number of nitrogens with zero attached hydrogens (tertiary/aromatic N) is 6. The number of aromatic nitrogens is 4. The molecule has 5 aromatic rings. The number of hydrogen-bond acceptors (Lipinski definition) is 12. The molecule has 216 valence electrons. The lowest BCUT2D eigenvalue weighted by molar-refractivity contribution is 0.296. The van der Waals surface area contributed by atoms with Gasteiger partial charge in [0.2, 0.25) is 0 Å². The van der Waals surface area contributed by atoms with Crippen LogP contribution < -0.4 is 0 Å². The van der Waals surface area contributed by atoms with E-state index in [1.807, 2.05) is 60.7 Å². The van der Waals surface area contributed by atoms with Crippen molar-refractivity contribution < 1.29 is 24.1 Å². The highest BCUT2D eigenvalue weighted by molar-refractivity contribution is 7.98. The van der Waals surface area contributed by atoms with Gasteiger partial charge in [-0.1, -0.05) is 124 Å². The van der Waals surface area contributed by atoms with Crippen LogP contribution in [0.2, 0.25) is 5.02 Å². The van der Waals surface area contributed by atoms with Gasteiger partial charge >= 0.3 is 0 Å². The molecule has 10 nitrogen and oxygen atoms in total. The molecule has 0 saturated carbocycles. The lowest BCUT2D eigenvalue weighted by Crippen LogP contribution is -2.08. The van der Waals surface area contributed by atoms with Crippen LogP contribution in [0, 0.1) is 5.82 Å². The maximum absolute atomic E-state index is 13.3. The van der Waals surface area contributed by atoms with Crippen molar-refractivity contribution in [3.8, 4) is 0 Å². The van der Waals surface area contributed by atoms with E-state index in [9.17, 15) is 9.60 Å². The standard InChI is InChI=1S/C17H13ClFN3O2S.C10H8ClN3O2S/c18-13-8-12(6-7-14(13)19)9-15(20-23)16-17(22-24-21-16)25-10-11-4-2-1-3-5-11;11-9(12-15)8-10(14-16-13-8)17-6-7-4-2-1-3-5-7/h1-8,23H,9-10H2;1-5,15H,6H2. The third-order valence-corrected chi connectivity index (χ3v) is 7.97. The molecule has 0 spiro atoms. The lowest BCUT2D eigenvalue weighted by atomic mass is 10.1. The molecule has 15 heteroatoms. The van der Waals surface area contributed by atoms with Gasteiger partial charge in [0.25, 0.3) is 0 Å². The van der Waals surface area contributed by atoms with Crippen LogP contribution in [0.15, 0.2) is 108 Å². The van der Waals surface area contributed by atoms with E-state index >= 15 is 0 Å². The molecule has 0 amide bonds. The molecule has 0 atom stereocenters. The third-order valence-electron chi connectivity index (χ3n) is 5.39. The Balaban J connectivity index is 0.000000208. The van der Waals surface area contributed by atoms with Crippen molar-refractivity contribution in [1.82, 2.24) is 20.6 Å². The number of benzene rings is 3. The minimum absolute atomic E-state index is 0.00624. The van der Waals surface area contributed by atoms with Crippen molar-refractivity contribution in [1.29, 1.82) is 0 Å². The Labute approximate surface area is 257 Å². The second-order valence-corrected chi connectivity index (χ2v) is 10.9. The van der Waals surface area contributed by atoms with Crippen LogP contribution in [0.4, 0.5) is 4.39 Å². The average molecular weight is 648 g/mol. The van der Waals surface area contributed by atoms with Gasteiger partial charge in [-0.3, -0.25) is 0 Å². The van der Waals surface area contributed by atoms with Crippen LogP contribution in [0.3, 0.4) is 0 Å². The number of thioether (sulfide) groups is 2. The van der Waals surface area contributed by atoms with Gasteiger partial charge in [0.05, 0.1) is 5.02 Å². The van der Waals surface area contributed by atoms with Gasteiger partial charge in [-0.05, 0) is 49.4 Å². The fraction of sp³-hybridized carbons (Fsp3) is 0.111. The summed E-state index contributed by atoms with van der Waals surface area (Å²) in [6, 6.07) is 24.0. The minimum atomic E-state index is -0.505. The average Bonchev–Trinajstić information content (AvgIpc) is 3.70. The van der Waals surface area contributed by atoms with Crippen molar-refractivity contribution in [2.24, 2.45) is 10.3 Å². The third kappa shape index (κ3) is 8.79. The molecule has 42 heavy (non-hydrogen) atoms. The van der Waals surface area contributed by atoms with Crippen molar-refractivity contribution in [3.63, 3.8) is 0 Å². The van der Waals surface area contributed by atoms with Crippen molar-refractivity contribution in [3.05, 3.63) is 118 Å². The molecule has 0 aliphatic rings. The van der Waals surface area contributed by atoms with E-state index in [-0.39, 0.29) is 28.0 Å². The highest BCUT2D eigenvalue weighted by Crippen LogP contribution is 2.26. The van der Waals surface area contributed by atoms with E-state index < -0.39 is 5.82 Å². The molecule has 0 fully saturated rings. The summed E-state index contributed by atoms with van der Waals surface area (Å²) in [4.78, 5) is 0. The summed E-state index contributed by atoms with van der Waals surface area (Å²) < 4.78 is 22.6. The lowest BCUT2D eigenvalue weighted by Gasteiger charge is -2.04. The van der Waals surface area contributed by atoms with Gasteiger partial charge in [0.15, 0.2) is 26.6 Å². The molecule has 0 bridgehead atoms. The predicted molar refractivity (Wildman–Crippen MR) is 158 cm³/mol. The molecule has 3 aromatic carbocycles. The molecule has 0 unspecified atom stereocenters. The molecular formula is C27H21Cl2FN6O4S2. The first-order valence-corrected chi connectivity index (χ1v) is 14.7. The molecule has 5 rings (SSSR count). The minimum Gasteiger partial charge on any atom is -0.411 e. The molecule has 0 radical (unpaired) electrons. The van der Waals surface area contributed by atoms with Gasteiger partial charge in [-0.2, -0.15) is 0 Å². The number of oxime groups is 2. The quantitative estimate of drug-likeness (QED) is 0.0685. The first kappa shape index (κ1) is 31.0. The van der Waals surface area contributed by atoms with Gasteiger partial charge < -0.3 is 10.4 Å². The predicted octanol–water partition coefficient (Wildman–Crippen LogP) is 7.31. The van der Waals surface area contributed by atoms with Gasteiger partial charge in [0.1, 0.15) is 11.5 Å². The Bertz CT molecular complexity index is 1640. The Morgan fingerprint density at radius 1 is 0.738 bits per heavy atom. The molecule has 0 aliphatic carbocycles. The second kappa shape index (κ2) is 15.9. The summed E-state index contributed by atoms with van der Waals surface area (Å²) in [5.41, 5.74) is 3.80. The van der Waals surface area contributed by atoms with E-state index in [0.29, 0.717) is 32.8 Å². The maximum atomic E-state index is 13.3. The van der Waals surface area contributed by atoms with Gasteiger partial charge in [-0.15, -0.1) is 0 Å². The summed E-state index contributed by atoms with van der Waals surface area (Å²) in [6.07, 6.45) is 0.212. The smallest absolute Gasteiger partial charge is 0.200 e. The second-order valence-electron chi connectivity index (χ2n) is 8.25. The molecule has 2 heterocycles. The van der Waals surface area contributed by atoms with E-state index in [2.05, 4.69) is 35.6 Å². The first-order valence-electron chi connectivity index (χ1n) is 12.0.